The highest BCUT2D eigenvalue weighted by molar-refractivity contribution is 6.05. The largest absolute Gasteiger partial charge is 0.465 e. The Hall–Kier alpha value is -1.86. The van der Waals surface area contributed by atoms with Crippen molar-refractivity contribution in [2.24, 2.45) is 5.92 Å². The molecule has 2 aliphatic rings. The van der Waals surface area contributed by atoms with Crippen molar-refractivity contribution in [3.8, 4) is 0 Å². The van der Waals surface area contributed by atoms with Crippen molar-refractivity contribution in [2.45, 2.75) is 32.0 Å². The third kappa shape index (κ3) is 1.82. The van der Waals surface area contributed by atoms with E-state index in [2.05, 4.69) is 9.84 Å². The lowest BCUT2D eigenvalue weighted by atomic mass is 10.1. The molecule has 5 nitrogen and oxygen atoms in total. The molecule has 1 heterocycles. The number of ether oxygens (including phenoxy) is 1. The fourth-order valence-electron chi connectivity index (χ4n) is 2.72. The van der Waals surface area contributed by atoms with E-state index in [9.17, 15) is 22.8 Å². The minimum Gasteiger partial charge on any atom is -0.465 e. The number of alkyl halides is 3. The van der Waals surface area contributed by atoms with Crippen LogP contribution in [0.4, 0.5) is 13.2 Å². The lowest BCUT2D eigenvalue weighted by Gasteiger charge is -2.05. The first-order valence-corrected chi connectivity index (χ1v) is 6.22. The fourth-order valence-corrected chi connectivity index (χ4v) is 2.72. The first-order chi connectivity index (χ1) is 9.34. The molecule has 1 unspecified atom stereocenters. The number of Topliss-reactive ketones (excluding diaryl/α,β-unsaturated/α-hetero) is 1. The van der Waals surface area contributed by atoms with E-state index in [1.54, 1.807) is 6.92 Å². The molecule has 1 saturated carbocycles. The summed E-state index contributed by atoms with van der Waals surface area (Å²) in [6, 6.07) is 0. The smallest absolute Gasteiger partial charge is 0.435 e. The van der Waals surface area contributed by atoms with Crippen LogP contribution in [0.5, 0.6) is 0 Å². The Morgan fingerprint density at radius 2 is 2.15 bits per heavy atom. The summed E-state index contributed by atoms with van der Waals surface area (Å²) in [5.41, 5.74) is -1.17. The number of rotatable bonds is 3. The monoisotopic (exact) mass is 288 g/mol. The second-order valence-electron chi connectivity index (χ2n) is 4.88. The Kier molecular flexibility index (Phi) is 2.67. The molecule has 0 aliphatic heterocycles. The average Bonchev–Trinajstić information content (AvgIpc) is 2.95. The number of halogens is 3. The van der Waals surface area contributed by atoms with E-state index < -0.39 is 24.4 Å². The maximum atomic E-state index is 13.0. The lowest BCUT2D eigenvalue weighted by molar-refractivity contribution is -0.146. The molecule has 0 saturated heterocycles. The van der Waals surface area contributed by atoms with Gasteiger partial charge in [0.2, 0.25) is 0 Å². The SMILES string of the molecule is CCOC(=O)Cn1nc(C(F)(F)F)c2c1C(=O)[C@@H]1CC21. The molecule has 0 amide bonds. The second kappa shape index (κ2) is 4.07. The van der Waals surface area contributed by atoms with Gasteiger partial charge in [0.15, 0.2) is 11.5 Å². The molecular weight excluding hydrogens is 277 g/mol. The minimum atomic E-state index is -4.62. The Balaban J connectivity index is 2.02. The predicted molar refractivity (Wildman–Crippen MR) is 59.0 cm³/mol. The van der Waals surface area contributed by atoms with E-state index >= 15 is 0 Å². The first-order valence-electron chi connectivity index (χ1n) is 6.22. The molecule has 2 aliphatic carbocycles. The van der Waals surface area contributed by atoms with Crippen LogP contribution in [0.25, 0.3) is 0 Å². The summed E-state index contributed by atoms with van der Waals surface area (Å²) in [6.07, 6.45) is -4.18. The number of esters is 1. The van der Waals surface area contributed by atoms with Crippen LogP contribution in [0.2, 0.25) is 0 Å². The van der Waals surface area contributed by atoms with Crippen molar-refractivity contribution < 1.29 is 27.5 Å². The molecule has 8 heteroatoms. The number of ketones is 1. The van der Waals surface area contributed by atoms with E-state index in [4.69, 9.17) is 0 Å². The molecule has 0 aromatic carbocycles. The van der Waals surface area contributed by atoms with Crippen LogP contribution in [-0.2, 0) is 22.3 Å². The van der Waals surface area contributed by atoms with Crippen molar-refractivity contribution in [3.05, 3.63) is 17.0 Å². The Morgan fingerprint density at radius 3 is 2.75 bits per heavy atom. The van der Waals surface area contributed by atoms with Gasteiger partial charge in [-0.05, 0) is 19.3 Å². The zero-order valence-electron chi connectivity index (χ0n) is 10.5. The van der Waals surface area contributed by atoms with Gasteiger partial charge in [0.05, 0.1) is 6.61 Å². The summed E-state index contributed by atoms with van der Waals surface area (Å²) in [7, 11) is 0. The molecule has 1 fully saturated rings. The molecule has 2 atom stereocenters. The highest BCUT2D eigenvalue weighted by Gasteiger charge is 2.58. The maximum absolute atomic E-state index is 13.0. The maximum Gasteiger partial charge on any atom is 0.435 e. The van der Waals surface area contributed by atoms with Crippen molar-refractivity contribution >= 4 is 11.8 Å². The third-order valence-corrected chi connectivity index (χ3v) is 3.57. The van der Waals surface area contributed by atoms with Gasteiger partial charge in [-0.3, -0.25) is 9.59 Å². The van der Waals surface area contributed by atoms with Crippen molar-refractivity contribution in [1.29, 1.82) is 0 Å². The minimum absolute atomic E-state index is 0.0446. The number of hydrogen-bond acceptors (Lipinski definition) is 4. The van der Waals surface area contributed by atoms with E-state index in [-0.39, 0.29) is 35.5 Å². The van der Waals surface area contributed by atoms with E-state index in [0.29, 0.717) is 6.42 Å². The number of nitrogens with zero attached hydrogens (tertiary/aromatic N) is 2. The summed E-state index contributed by atoms with van der Waals surface area (Å²) < 4.78 is 44.4. The summed E-state index contributed by atoms with van der Waals surface area (Å²) in [5, 5.41) is 3.42. The standard InChI is InChI=1S/C12H11F3N2O3/c1-2-20-7(18)4-17-9-8(5-3-6(5)10(9)19)11(16-17)12(13,14)15/h5-6H,2-4H2,1H3/t5?,6-/m1/s1. The molecule has 108 valence electrons. The fraction of sp³-hybridized carbons (Fsp3) is 0.583. The van der Waals surface area contributed by atoms with Crippen LogP contribution in [0.1, 0.15) is 41.0 Å². The predicted octanol–water partition coefficient (Wildman–Crippen LogP) is 1.76. The number of carbonyl (C=O) groups excluding carboxylic acids is 2. The van der Waals surface area contributed by atoms with Crippen LogP contribution in [0, 0.1) is 5.92 Å². The van der Waals surface area contributed by atoms with Gasteiger partial charge in [-0.15, -0.1) is 0 Å². The number of fused-ring (bicyclic) bond motifs is 3. The summed E-state index contributed by atoms with van der Waals surface area (Å²) in [6.45, 7) is 1.23. The van der Waals surface area contributed by atoms with Crippen LogP contribution in [-0.4, -0.2) is 28.1 Å². The highest BCUT2D eigenvalue weighted by atomic mass is 19.4. The quantitative estimate of drug-likeness (QED) is 0.795. The van der Waals surface area contributed by atoms with Gasteiger partial charge < -0.3 is 4.74 Å². The van der Waals surface area contributed by atoms with Crippen LogP contribution < -0.4 is 0 Å². The van der Waals surface area contributed by atoms with Crippen molar-refractivity contribution in [1.82, 2.24) is 9.78 Å². The van der Waals surface area contributed by atoms with Gasteiger partial charge in [0, 0.05) is 11.5 Å². The third-order valence-electron chi connectivity index (χ3n) is 3.57. The van der Waals surface area contributed by atoms with Crippen molar-refractivity contribution in [3.63, 3.8) is 0 Å². The van der Waals surface area contributed by atoms with Gasteiger partial charge in [-0.1, -0.05) is 0 Å². The molecule has 3 rings (SSSR count). The van der Waals surface area contributed by atoms with Gasteiger partial charge in [0.1, 0.15) is 12.2 Å². The normalized spacial score (nSPS) is 23.5. The summed E-state index contributed by atoms with van der Waals surface area (Å²) in [4.78, 5) is 23.4. The molecular formula is C12H11F3N2O3. The van der Waals surface area contributed by atoms with E-state index in [1.165, 1.54) is 0 Å². The van der Waals surface area contributed by atoms with Gasteiger partial charge >= 0.3 is 12.1 Å². The van der Waals surface area contributed by atoms with E-state index in [1.807, 2.05) is 0 Å². The van der Waals surface area contributed by atoms with Crippen LogP contribution >= 0.6 is 0 Å². The topological polar surface area (TPSA) is 61.2 Å². The second-order valence-corrected chi connectivity index (χ2v) is 4.88. The van der Waals surface area contributed by atoms with Gasteiger partial charge in [0.25, 0.3) is 0 Å². The molecule has 1 aromatic rings. The molecule has 20 heavy (non-hydrogen) atoms. The number of carbonyl (C=O) groups is 2. The molecule has 0 radical (unpaired) electrons. The van der Waals surface area contributed by atoms with Crippen LogP contribution in [0.3, 0.4) is 0 Å². The van der Waals surface area contributed by atoms with E-state index in [0.717, 1.165) is 4.68 Å². The summed E-state index contributed by atoms with van der Waals surface area (Å²) >= 11 is 0. The molecule has 0 bridgehead atoms. The molecule has 0 N–H and O–H groups in total. The number of aromatic nitrogens is 2. The first kappa shape index (κ1) is 13.1. The average molecular weight is 288 g/mol. The summed E-state index contributed by atoms with van der Waals surface area (Å²) in [5.74, 6) is -1.81. The molecule has 1 aromatic heterocycles. The van der Waals surface area contributed by atoms with Gasteiger partial charge in [-0.25, -0.2) is 4.68 Å². The van der Waals surface area contributed by atoms with Crippen molar-refractivity contribution in [2.75, 3.05) is 6.61 Å². The zero-order valence-corrected chi connectivity index (χ0v) is 10.5. The Bertz CT molecular complexity index is 606. The number of hydrogen-bond donors (Lipinski definition) is 0. The Morgan fingerprint density at radius 1 is 1.45 bits per heavy atom. The highest BCUT2D eigenvalue weighted by Crippen LogP contribution is 2.58. The lowest BCUT2D eigenvalue weighted by Crippen LogP contribution is -2.19. The van der Waals surface area contributed by atoms with Crippen LogP contribution in [0.15, 0.2) is 0 Å². The Labute approximate surface area is 111 Å². The molecule has 0 spiro atoms. The van der Waals surface area contributed by atoms with Gasteiger partial charge in [-0.2, -0.15) is 18.3 Å². The zero-order chi connectivity index (χ0) is 14.7.